The topological polar surface area (TPSA) is 105 Å². The smallest absolute Gasteiger partial charge is 0.262 e. The molecule has 2 amide bonds. The van der Waals surface area contributed by atoms with Crippen LogP contribution in [0.5, 0.6) is 11.5 Å². The number of para-hydroxylation sites is 2. The molecule has 0 aliphatic carbocycles. The van der Waals surface area contributed by atoms with Gasteiger partial charge in [-0.25, -0.2) is 8.42 Å². The number of anilines is 1. The molecule has 0 saturated heterocycles. The maximum absolute atomic E-state index is 14.0. The molecule has 1 heterocycles. The maximum atomic E-state index is 14.0. The Bertz CT molecular complexity index is 1740. The normalized spacial score (nSPS) is 14.4. The number of benzene rings is 4. The first-order valence-corrected chi connectivity index (χ1v) is 16.3. The minimum Gasteiger partial charge on any atom is -0.495 e. The first-order valence-electron chi connectivity index (χ1n) is 14.5. The zero-order chi connectivity index (χ0) is 31.8. The lowest BCUT2D eigenvalue weighted by Gasteiger charge is -2.35. The van der Waals surface area contributed by atoms with E-state index in [1.165, 1.54) is 30.2 Å². The van der Waals surface area contributed by atoms with Gasteiger partial charge in [0.2, 0.25) is 15.9 Å². The Labute approximate surface area is 268 Å². The van der Waals surface area contributed by atoms with E-state index >= 15 is 0 Å². The number of sulfonamides is 1. The summed E-state index contributed by atoms with van der Waals surface area (Å²) in [4.78, 5) is 28.5. The van der Waals surface area contributed by atoms with E-state index < -0.39 is 28.6 Å². The van der Waals surface area contributed by atoms with Crippen molar-refractivity contribution >= 4 is 39.1 Å². The molecule has 0 spiro atoms. The van der Waals surface area contributed by atoms with Crippen LogP contribution in [0, 0.1) is 0 Å². The number of hydrogen-bond acceptors (Lipinski definition) is 6. The Morgan fingerprint density at radius 1 is 0.933 bits per heavy atom. The summed E-state index contributed by atoms with van der Waals surface area (Å²) in [6, 6.07) is 30.3. The first kappa shape index (κ1) is 32.0. The van der Waals surface area contributed by atoms with Crippen molar-refractivity contribution in [2.24, 2.45) is 0 Å². The van der Waals surface area contributed by atoms with Crippen molar-refractivity contribution in [2.45, 2.75) is 23.8 Å². The number of rotatable bonds is 12. The van der Waals surface area contributed by atoms with E-state index in [0.717, 1.165) is 15.4 Å². The highest BCUT2D eigenvalue weighted by molar-refractivity contribution is 7.89. The number of methoxy groups -OCH3 is 1. The van der Waals surface area contributed by atoms with Crippen molar-refractivity contribution in [2.75, 3.05) is 38.2 Å². The minimum atomic E-state index is -4.16. The zero-order valence-electron chi connectivity index (χ0n) is 24.8. The molecule has 1 aliphatic rings. The number of amides is 2. The van der Waals surface area contributed by atoms with E-state index in [-0.39, 0.29) is 28.9 Å². The van der Waals surface area contributed by atoms with E-state index in [0.29, 0.717) is 36.6 Å². The van der Waals surface area contributed by atoms with Gasteiger partial charge in [0.25, 0.3) is 5.91 Å². The van der Waals surface area contributed by atoms with Gasteiger partial charge in [-0.3, -0.25) is 9.59 Å². The molecule has 4 aromatic carbocycles. The summed E-state index contributed by atoms with van der Waals surface area (Å²) in [6.07, 6.45) is 0.0420. The Balaban J connectivity index is 1.37. The molecule has 1 atom stereocenters. The molecule has 0 fully saturated rings. The highest BCUT2D eigenvalue weighted by Crippen LogP contribution is 2.34. The largest absolute Gasteiger partial charge is 0.495 e. The molecule has 5 rings (SSSR count). The first-order chi connectivity index (χ1) is 21.8. The van der Waals surface area contributed by atoms with Gasteiger partial charge in [-0.1, -0.05) is 84.4 Å². The molecule has 0 unspecified atom stereocenters. The SMILES string of the molecule is COc1ccc(S(=O)(=O)N(CCc2ccccc2)CC(=O)N2C[C@@H](C(=O)NCCc3ccccc3)Oc3ccccc32)cc1Cl. The molecule has 0 radical (unpaired) electrons. The summed E-state index contributed by atoms with van der Waals surface area (Å²) < 4.78 is 40.2. The van der Waals surface area contributed by atoms with Crippen LogP contribution in [-0.2, 0) is 32.5 Å². The molecule has 9 nitrogen and oxygen atoms in total. The van der Waals surface area contributed by atoms with E-state index in [9.17, 15) is 18.0 Å². The molecule has 0 aromatic heterocycles. The second kappa shape index (κ2) is 14.6. The third kappa shape index (κ3) is 7.83. The zero-order valence-corrected chi connectivity index (χ0v) is 26.3. The van der Waals surface area contributed by atoms with Crippen LogP contribution in [-0.4, -0.2) is 63.9 Å². The summed E-state index contributed by atoms with van der Waals surface area (Å²) in [5.74, 6) is -0.162. The second-order valence-corrected chi connectivity index (χ2v) is 12.8. The highest BCUT2D eigenvalue weighted by atomic mass is 35.5. The monoisotopic (exact) mass is 647 g/mol. The van der Waals surface area contributed by atoms with Gasteiger partial charge in [-0.05, 0) is 54.3 Å². The molecule has 45 heavy (non-hydrogen) atoms. The van der Waals surface area contributed by atoms with Crippen LogP contribution in [0.1, 0.15) is 11.1 Å². The van der Waals surface area contributed by atoms with E-state index in [2.05, 4.69) is 5.32 Å². The van der Waals surface area contributed by atoms with Gasteiger partial charge < -0.3 is 19.7 Å². The average Bonchev–Trinajstić information content (AvgIpc) is 3.06. The van der Waals surface area contributed by atoms with E-state index in [1.54, 1.807) is 24.3 Å². The van der Waals surface area contributed by atoms with Crippen LogP contribution in [0.15, 0.2) is 108 Å². The van der Waals surface area contributed by atoms with Gasteiger partial charge in [-0.2, -0.15) is 4.31 Å². The van der Waals surface area contributed by atoms with Gasteiger partial charge in [0.1, 0.15) is 11.5 Å². The summed E-state index contributed by atoms with van der Waals surface area (Å²) >= 11 is 6.28. The van der Waals surface area contributed by atoms with Crippen molar-refractivity contribution < 1.29 is 27.5 Å². The molecular formula is C34H34ClN3O6S. The van der Waals surface area contributed by atoms with Gasteiger partial charge >= 0.3 is 0 Å². The number of ether oxygens (including phenoxy) is 2. The number of fused-ring (bicyclic) bond motifs is 1. The number of nitrogens with one attached hydrogen (secondary N) is 1. The van der Waals surface area contributed by atoms with Crippen LogP contribution in [0.25, 0.3) is 0 Å². The Morgan fingerprint density at radius 2 is 1.58 bits per heavy atom. The number of hydrogen-bond donors (Lipinski definition) is 1. The quantitative estimate of drug-likeness (QED) is 0.238. The predicted octanol–water partition coefficient (Wildman–Crippen LogP) is 4.74. The van der Waals surface area contributed by atoms with E-state index in [1.807, 2.05) is 60.7 Å². The van der Waals surface area contributed by atoms with Crippen molar-refractivity contribution in [3.05, 3.63) is 119 Å². The second-order valence-electron chi connectivity index (χ2n) is 10.5. The fourth-order valence-corrected chi connectivity index (χ4v) is 6.81. The van der Waals surface area contributed by atoms with Gasteiger partial charge in [0, 0.05) is 13.1 Å². The average molecular weight is 648 g/mol. The molecule has 1 N–H and O–H groups in total. The van der Waals surface area contributed by atoms with Crippen LogP contribution >= 0.6 is 11.6 Å². The summed E-state index contributed by atoms with van der Waals surface area (Å²) in [5.41, 5.74) is 2.46. The molecule has 0 saturated carbocycles. The van der Waals surface area contributed by atoms with Crippen molar-refractivity contribution in [3.63, 3.8) is 0 Å². The lowest BCUT2D eigenvalue weighted by molar-refractivity contribution is -0.128. The van der Waals surface area contributed by atoms with E-state index in [4.69, 9.17) is 21.1 Å². The number of carbonyl (C=O) groups is 2. The summed E-state index contributed by atoms with van der Waals surface area (Å²) in [5, 5.41) is 3.04. The fraction of sp³-hybridized carbons (Fsp3) is 0.235. The fourth-order valence-electron chi connectivity index (χ4n) is 5.07. The van der Waals surface area contributed by atoms with Gasteiger partial charge in [0.15, 0.2) is 6.10 Å². The lowest BCUT2D eigenvalue weighted by atomic mass is 10.1. The van der Waals surface area contributed by atoms with Crippen molar-refractivity contribution in [3.8, 4) is 11.5 Å². The predicted molar refractivity (Wildman–Crippen MR) is 173 cm³/mol. The number of carbonyl (C=O) groups excluding carboxylic acids is 2. The van der Waals surface area contributed by atoms with Crippen molar-refractivity contribution in [1.82, 2.24) is 9.62 Å². The highest BCUT2D eigenvalue weighted by Gasteiger charge is 2.36. The molecule has 0 bridgehead atoms. The van der Waals surface area contributed by atoms with Crippen molar-refractivity contribution in [1.29, 1.82) is 0 Å². The molecule has 234 valence electrons. The maximum Gasteiger partial charge on any atom is 0.262 e. The molecule has 11 heteroatoms. The molecule has 1 aliphatic heterocycles. The van der Waals surface area contributed by atoms with Gasteiger partial charge in [0.05, 0.1) is 35.8 Å². The number of halogens is 1. The van der Waals surface area contributed by atoms with Gasteiger partial charge in [-0.15, -0.1) is 0 Å². The minimum absolute atomic E-state index is 0.0388. The van der Waals surface area contributed by atoms with Crippen LogP contribution < -0.4 is 19.7 Å². The van der Waals surface area contributed by atoms with Crippen LogP contribution in [0.4, 0.5) is 5.69 Å². The van der Waals surface area contributed by atoms with Crippen LogP contribution in [0.2, 0.25) is 5.02 Å². The summed E-state index contributed by atoms with van der Waals surface area (Å²) in [6.45, 7) is -0.102. The molecular weight excluding hydrogens is 614 g/mol. The Morgan fingerprint density at radius 3 is 2.24 bits per heavy atom. The Kier molecular flexibility index (Phi) is 10.4. The summed E-state index contributed by atoms with van der Waals surface area (Å²) in [7, 11) is -2.72. The molecule has 4 aromatic rings. The standard InChI is InChI=1S/C34H34ClN3O6S/c1-43-30-17-16-27(22-28(30)35)45(41,42)37(21-19-26-12-6-3-7-13-26)24-33(39)38-23-32(44-31-15-9-8-14-29(31)38)34(40)36-20-18-25-10-4-2-5-11-25/h2-17,22,32H,18-21,23-24H2,1H3,(H,36,40)/t32-/m0/s1. The lowest BCUT2D eigenvalue weighted by Crippen LogP contribution is -2.53. The third-order valence-electron chi connectivity index (χ3n) is 7.49. The number of nitrogens with zero attached hydrogens (tertiary/aromatic N) is 2. The Hall–Kier alpha value is -4.38. The third-order valence-corrected chi connectivity index (χ3v) is 9.62. The van der Waals surface area contributed by atoms with Crippen LogP contribution in [0.3, 0.4) is 0 Å².